The molecule has 4 heteroatoms. The number of hydrogen-bond acceptors (Lipinski definition) is 2. The van der Waals surface area contributed by atoms with Crippen LogP contribution in [0.5, 0.6) is 0 Å². The first-order chi connectivity index (χ1) is 8.03. The Balaban J connectivity index is 0.000000686. The predicted molar refractivity (Wildman–Crippen MR) is 71.3 cm³/mol. The molecule has 1 heterocycles. The first-order valence-corrected chi connectivity index (χ1v) is 6.43. The SMILES string of the molecule is CC.[B]C1(C)CCCc2c(oc(=NC)n2C)C1. The Labute approximate surface area is 105 Å². The normalized spacial score (nSPS) is 24.6. The highest BCUT2D eigenvalue weighted by Gasteiger charge is 2.26. The second kappa shape index (κ2) is 5.61. The lowest BCUT2D eigenvalue weighted by molar-refractivity contribution is 0.412. The summed E-state index contributed by atoms with van der Waals surface area (Å²) in [5.41, 5.74) is 1.95. The van der Waals surface area contributed by atoms with E-state index in [9.17, 15) is 0 Å². The van der Waals surface area contributed by atoms with E-state index in [2.05, 4.69) is 11.9 Å². The van der Waals surface area contributed by atoms with E-state index in [4.69, 9.17) is 12.3 Å². The van der Waals surface area contributed by atoms with Gasteiger partial charge in [-0.15, -0.1) is 0 Å². The molecule has 1 aromatic rings. The number of nitrogens with zero attached hydrogens (tertiary/aromatic N) is 2. The Kier molecular flexibility index (Phi) is 4.66. The van der Waals surface area contributed by atoms with Gasteiger partial charge in [-0.05, 0) is 12.8 Å². The van der Waals surface area contributed by atoms with Crippen LogP contribution in [0.2, 0.25) is 5.31 Å². The molecule has 0 aliphatic heterocycles. The summed E-state index contributed by atoms with van der Waals surface area (Å²) in [5, 5.41) is -0.138. The van der Waals surface area contributed by atoms with Crippen molar-refractivity contribution in [1.29, 1.82) is 0 Å². The van der Waals surface area contributed by atoms with Crippen LogP contribution in [0.4, 0.5) is 0 Å². The van der Waals surface area contributed by atoms with Gasteiger partial charge in [-0.25, -0.2) is 4.99 Å². The van der Waals surface area contributed by atoms with Crippen LogP contribution in [0.25, 0.3) is 0 Å². The lowest BCUT2D eigenvalue weighted by Crippen LogP contribution is -2.14. The molecule has 0 spiro atoms. The zero-order valence-corrected chi connectivity index (χ0v) is 11.7. The highest BCUT2D eigenvalue weighted by Crippen LogP contribution is 2.36. The van der Waals surface area contributed by atoms with Crippen LogP contribution in [0.3, 0.4) is 0 Å². The van der Waals surface area contributed by atoms with Gasteiger partial charge in [0.25, 0.3) is 5.68 Å². The van der Waals surface area contributed by atoms with Crippen LogP contribution >= 0.6 is 0 Å². The second-order valence-corrected chi connectivity index (χ2v) is 4.72. The Morgan fingerprint density at radius 1 is 1.41 bits per heavy atom. The third-order valence-electron chi connectivity index (χ3n) is 3.15. The van der Waals surface area contributed by atoms with Crippen molar-refractivity contribution >= 4 is 7.85 Å². The zero-order chi connectivity index (χ0) is 13.1. The molecule has 0 fully saturated rings. The third kappa shape index (κ3) is 3.05. The van der Waals surface area contributed by atoms with Crippen LogP contribution in [-0.2, 0) is 19.9 Å². The van der Waals surface area contributed by atoms with E-state index in [1.807, 2.05) is 25.5 Å². The number of hydrogen-bond donors (Lipinski definition) is 0. The summed E-state index contributed by atoms with van der Waals surface area (Å²) in [6.07, 6.45) is 4.02. The van der Waals surface area contributed by atoms with Crippen LogP contribution in [0.1, 0.15) is 45.1 Å². The average Bonchev–Trinajstić information content (AvgIpc) is 2.50. The highest BCUT2D eigenvalue weighted by molar-refractivity contribution is 6.15. The van der Waals surface area contributed by atoms with E-state index in [0.717, 1.165) is 31.4 Å². The van der Waals surface area contributed by atoms with Crippen molar-refractivity contribution in [2.75, 3.05) is 7.05 Å². The standard InChI is InChI=1S/C11H17BN2O.C2H6/c1-11(12)6-4-5-8-9(7-11)15-10(13-2)14(8)3;1-2/h4-7H2,1-3H3;1-2H3. The van der Waals surface area contributed by atoms with Gasteiger partial charge < -0.3 is 4.42 Å². The summed E-state index contributed by atoms with van der Waals surface area (Å²) in [6.45, 7) is 6.09. The molecular formula is C13H23BN2O. The fourth-order valence-electron chi connectivity index (χ4n) is 2.30. The fourth-order valence-corrected chi connectivity index (χ4v) is 2.30. The lowest BCUT2D eigenvalue weighted by atomic mass is 9.65. The maximum Gasteiger partial charge on any atom is 0.296 e. The quantitative estimate of drug-likeness (QED) is 0.500. The van der Waals surface area contributed by atoms with E-state index in [0.29, 0.717) is 5.68 Å². The van der Waals surface area contributed by atoms with E-state index in [1.165, 1.54) is 5.69 Å². The molecule has 0 bridgehead atoms. The number of oxazole rings is 1. The number of fused-ring (bicyclic) bond motifs is 1. The molecule has 2 radical (unpaired) electrons. The van der Waals surface area contributed by atoms with Gasteiger partial charge in [-0.1, -0.05) is 32.5 Å². The van der Waals surface area contributed by atoms with Crippen molar-refractivity contribution in [2.24, 2.45) is 12.0 Å². The van der Waals surface area contributed by atoms with Crippen LogP contribution < -0.4 is 5.68 Å². The summed E-state index contributed by atoms with van der Waals surface area (Å²) in [6, 6.07) is 0. The van der Waals surface area contributed by atoms with Crippen molar-refractivity contribution in [3.05, 3.63) is 17.1 Å². The van der Waals surface area contributed by atoms with Crippen molar-refractivity contribution in [1.82, 2.24) is 4.57 Å². The largest absolute Gasteiger partial charge is 0.428 e. The summed E-state index contributed by atoms with van der Waals surface area (Å²) in [7, 11) is 9.95. The zero-order valence-electron chi connectivity index (χ0n) is 11.7. The minimum absolute atomic E-state index is 0.138. The van der Waals surface area contributed by atoms with E-state index < -0.39 is 0 Å². The number of aromatic nitrogens is 1. The first kappa shape index (κ1) is 14.1. The molecule has 0 N–H and O–H groups in total. The molecule has 0 aromatic carbocycles. The maximum atomic E-state index is 6.19. The molecule has 0 saturated carbocycles. The second-order valence-electron chi connectivity index (χ2n) is 4.72. The topological polar surface area (TPSA) is 30.4 Å². The molecule has 94 valence electrons. The van der Waals surface area contributed by atoms with Gasteiger partial charge in [-0.2, -0.15) is 0 Å². The van der Waals surface area contributed by atoms with Gasteiger partial charge in [0.2, 0.25) is 0 Å². The van der Waals surface area contributed by atoms with Crippen LogP contribution in [-0.4, -0.2) is 19.5 Å². The van der Waals surface area contributed by atoms with E-state index >= 15 is 0 Å². The first-order valence-electron chi connectivity index (χ1n) is 6.43. The Morgan fingerprint density at radius 2 is 2.06 bits per heavy atom. The van der Waals surface area contributed by atoms with Crippen molar-refractivity contribution < 1.29 is 4.42 Å². The van der Waals surface area contributed by atoms with Crippen molar-refractivity contribution in [3.63, 3.8) is 0 Å². The van der Waals surface area contributed by atoms with E-state index in [1.54, 1.807) is 7.05 Å². The summed E-state index contributed by atoms with van der Waals surface area (Å²) in [4.78, 5) is 4.11. The lowest BCUT2D eigenvalue weighted by Gasteiger charge is -2.21. The molecule has 1 aromatic heterocycles. The Hall–Kier alpha value is -0.925. The summed E-state index contributed by atoms with van der Waals surface area (Å²) < 4.78 is 7.76. The van der Waals surface area contributed by atoms with Gasteiger partial charge in [0.1, 0.15) is 5.76 Å². The molecule has 0 saturated heterocycles. The van der Waals surface area contributed by atoms with Gasteiger partial charge in [0, 0.05) is 20.5 Å². The van der Waals surface area contributed by atoms with Gasteiger partial charge in [0.15, 0.2) is 0 Å². The molecule has 17 heavy (non-hydrogen) atoms. The molecular weight excluding hydrogens is 211 g/mol. The molecule has 1 aliphatic rings. The third-order valence-corrected chi connectivity index (χ3v) is 3.15. The molecule has 1 unspecified atom stereocenters. The molecule has 1 atom stereocenters. The molecule has 2 rings (SSSR count). The fraction of sp³-hybridized carbons (Fsp3) is 0.769. The molecule has 3 nitrogen and oxygen atoms in total. The predicted octanol–water partition coefficient (Wildman–Crippen LogP) is 2.40. The Morgan fingerprint density at radius 3 is 2.65 bits per heavy atom. The Bertz CT molecular complexity index is 429. The van der Waals surface area contributed by atoms with Gasteiger partial charge in [-0.3, -0.25) is 4.57 Å². The molecule has 0 amide bonds. The van der Waals surface area contributed by atoms with Crippen molar-refractivity contribution in [2.45, 2.75) is 51.8 Å². The molecule has 1 aliphatic carbocycles. The minimum Gasteiger partial charge on any atom is -0.428 e. The van der Waals surface area contributed by atoms with E-state index in [-0.39, 0.29) is 5.31 Å². The summed E-state index contributed by atoms with van der Waals surface area (Å²) in [5.74, 6) is 1.01. The van der Waals surface area contributed by atoms with Crippen molar-refractivity contribution in [3.8, 4) is 0 Å². The van der Waals surface area contributed by atoms with Crippen LogP contribution in [0, 0.1) is 0 Å². The van der Waals surface area contributed by atoms with Gasteiger partial charge in [0.05, 0.1) is 13.5 Å². The number of rotatable bonds is 0. The highest BCUT2D eigenvalue weighted by atomic mass is 16.4. The van der Waals surface area contributed by atoms with Gasteiger partial charge >= 0.3 is 0 Å². The monoisotopic (exact) mass is 234 g/mol. The smallest absolute Gasteiger partial charge is 0.296 e. The maximum absolute atomic E-state index is 6.19. The average molecular weight is 234 g/mol. The van der Waals surface area contributed by atoms with Crippen LogP contribution in [0.15, 0.2) is 9.41 Å². The minimum atomic E-state index is -0.138. The summed E-state index contributed by atoms with van der Waals surface area (Å²) >= 11 is 0.